The van der Waals surface area contributed by atoms with Gasteiger partial charge in [-0.05, 0) is 17.7 Å². The second kappa shape index (κ2) is 7.64. The molecule has 1 aromatic rings. The van der Waals surface area contributed by atoms with Crippen LogP contribution in [-0.4, -0.2) is 62.8 Å². The van der Waals surface area contributed by atoms with Crippen molar-refractivity contribution in [3.8, 4) is 0 Å². The fourth-order valence-corrected chi connectivity index (χ4v) is 2.50. The van der Waals surface area contributed by atoms with Gasteiger partial charge in [0.05, 0.1) is 19.3 Å². The summed E-state index contributed by atoms with van der Waals surface area (Å²) in [4.78, 5) is 15.6. The third-order valence-electron chi connectivity index (χ3n) is 3.59. The van der Waals surface area contributed by atoms with Crippen LogP contribution in [0.5, 0.6) is 0 Å². The number of nitrogens with one attached hydrogen (secondary N) is 1. The first-order chi connectivity index (χ1) is 10.1. The summed E-state index contributed by atoms with van der Waals surface area (Å²) in [5.41, 5.74) is 1.15. The molecule has 1 heterocycles. The number of nitrogens with zero attached hydrogens (tertiary/aromatic N) is 2. The Kier molecular flexibility index (Phi) is 5.85. The normalized spacial score (nSPS) is 17.3. The Labute approximate surface area is 130 Å². The van der Waals surface area contributed by atoms with Crippen molar-refractivity contribution in [2.75, 3.05) is 46.9 Å². The second-order valence-corrected chi connectivity index (χ2v) is 5.73. The van der Waals surface area contributed by atoms with Crippen LogP contribution in [-0.2, 0) is 4.74 Å². The number of rotatable bonds is 4. The van der Waals surface area contributed by atoms with Gasteiger partial charge < -0.3 is 15.0 Å². The van der Waals surface area contributed by atoms with E-state index in [1.54, 1.807) is 14.1 Å². The molecule has 0 bridgehead atoms. The zero-order chi connectivity index (χ0) is 15.2. The van der Waals surface area contributed by atoms with E-state index in [1.807, 2.05) is 24.3 Å². The van der Waals surface area contributed by atoms with E-state index < -0.39 is 0 Å². The predicted octanol–water partition coefficient (Wildman–Crippen LogP) is 1.98. The molecule has 116 valence electrons. The molecule has 0 spiro atoms. The fourth-order valence-electron chi connectivity index (χ4n) is 2.37. The van der Waals surface area contributed by atoms with Crippen LogP contribution in [0.3, 0.4) is 0 Å². The lowest BCUT2D eigenvalue weighted by molar-refractivity contribution is 0.0165. The molecule has 21 heavy (non-hydrogen) atoms. The Morgan fingerprint density at radius 3 is 2.52 bits per heavy atom. The molecule has 1 unspecified atom stereocenters. The topological polar surface area (TPSA) is 44.8 Å². The number of carbonyl (C=O) groups excluding carboxylic acids is 1. The Morgan fingerprint density at radius 2 is 1.95 bits per heavy atom. The molecular weight excluding hydrogens is 290 g/mol. The quantitative estimate of drug-likeness (QED) is 0.925. The monoisotopic (exact) mass is 311 g/mol. The summed E-state index contributed by atoms with van der Waals surface area (Å²) in [6.07, 6.45) is 0. The molecule has 1 aromatic carbocycles. The van der Waals surface area contributed by atoms with Crippen molar-refractivity contribution in [1.29, 1.82) is 0 Å². The third kappa shape index (κ3) is 4.59. The number of benzene rings is 1. The lowest BCUT2D eigenvalue weighted by Gasteiger charge is -2.35. The van der Waals surface area contributed by atoms with E-state index >= 15 is 0 Å². The molecule has 1 fully saturated rings. The zero-order valence-corrected chi connectivity index (χ0v) is 13.3. The van der Waals surface area contributed by atoms with E-state index in [0.29, 0.717) is 6.54 Å². The van der Waals surface area contributed by atoms with E-state index in [0.717, 1.165) is 36.9 Å². The second-order valence-electron chi connectivity index (χ2n) is 5.30. The summed E-state index contributed by atoms with van der Waals surface area (Å²) in [5.74, 6) is 0. The maximum absolute atomic E-state index is 11.8. The average molecular weight is 312 g/mol. The molecule has 1 N–H and O–H groups in total. The minimum Gasteiger partial charge on any atom is -0.379 e. The molecule has 1 saturated heterocycles. The number of amides is 2. The lowest BCUT2D eigenvalue weighted by atomic mass is 10.0. The van der Waals surface area contributed by atoms with Crippen molar-refractivity contribution in [2.45, 2.75) is 6.04 Å². The molecule has 0 aromatic heterocycles. The van der Waals surface area contributed by atoms with E-state index in [9.17, 15) is 4.79 Å². The van der Waals surface area contributed by atoms with Crippen molar-refractivity contribution in [3.63, 3.8) is 0 Å². The van der Waals surface area contributed by atoms with Crippen molar-refractivity contribution in [3.05, 3.63) is 34.9 Å². The fraction of sp³-hybridized carbons (Fsp3) is 0.533. The Bertz CT molecular complexity index is 458. The van der Waals surface area contributed by atoms with Gasteiger partial charge in [0.25, 0.3) is 0 Å². The lowest BCUT2D eigenvalue weighted by Crippen LogP contribution is -2.45. The maximum atomic E-state index is 11.8. The largest absolute Gasteiger partial charge is 0.379 e. The Balaban J connectivity index is 2.09. The Morgan fingerprint density at radius 1 is 1.33 bits per heavy atom. The summed E-state index contributed by atoms with van der Waals surface area (Å²) in [6, 6.07) is 7.86. The highest BCUT2D eigenvalue weighted by Crippen LogP contribution is 2.23. The number of ether oxygens (including phenoxy) is 1. The SMILES string of the molecule is CN(C)C(=O)NCC(c1ccc(Cl)cc1)N1CCOCC1. The summed E-state index contributed by atoms with van der Waals surface area (Å²) in [7, 11) is 3.47. The summed E-state index contributed by atoms with van der Waals surface area (Å²) >= 11 is 5.96. The first kappa shape index (κ1) is 16.1. The van der Waals surface area contributed by atoms with Crippen LogP contribution in [0, 0.1) is 0 Å². The highest BCUT2D eigenvalue weighted by atomic mass is 35.5. The zero-order valence-electron chi connectivity index (χ0n) is 12.5. The molecule has 6 heteroatoms. The van der Waals surface area contributed by atoms with Crippen LogP contribution in [0.4, 0.5) is 4.79 Å². The number of hydrogen-bond acceptors (Lipinski definition) is 3. The molecule has 1 aliphatic heterocycles. The smallest absolute Gasteiger partial charge is 0.316 e. The van der Waals surface area contributed by atoms with Gasteiger partial charge in [-0.1, -0.05) is 23.7 Å². The molecule has 1 atom stereocenters. The van der Waals surface area contributed by atoms with Gasteiger partial charge in [-0.15, -0.1) is 0 Å². The number of carbonyl (C=O) groups is 1. The molecule has 0 radical (unpaired) electrons. The van der Waals surface area contributed by atoms with Gasteiger partial charge in [0.1, 0.15) is 0 Å². The van der Waals surface area contributed by atoms with Crippen LogP contribution < -0.4 is 5.32 Å². The molecule has 5 nitrogen and oxygen atoms in total. The molecule has 0 aliphatic carbocycles. The van der Waals surface area contributed by atoms with E-state index in [-0.39, 0.29) is 12.1 Å². The van der Waals surface area contributed by atoms with Crippen LogP contribution in [0.1, 0.15) is 11.6 Å². The highest BCUT2D eigenvalue weighted by Gasteiger charge is 2.23. The van der Waals surface area contributed by atoms with Gasteiger partial charge in [0.2, 0.25) is 0 Å². The molecular formula is C15H22ClN3O2. The number of urea groups is 1. The molecule has 2 amide bonds. The summed E-state index contributed by atoms with van der Waals surface area (Å²) in [5, 5.41) is 3.68. The minimum atomic E-state index is -0.0813. The van der Waals surface area contributed by atoms with E-state index in [2.05, 4.69) is 10.2 Å². The van der Waals surface area contributed by atoms with Crippen molar-refractivity contribution in [1.82, 2.24) is 15.1 Å². The average Bonchev–Trinajstić information content (AvgIpc) is 2.50. The van der Waals surface area contributed by atoms with Crippen LogP contribution in [0.15, 0.2) is 24.3 Å². The third-order valence-corrected chi connectivity index (χ3v) is 3.85. The van der Waals surface area contributed by atoms with Crippen LogP contribution in [0.25, 0.3) is 0 Å². The molecule has 0 saturated carbocycles. The van der Waals surface area contributed by atoms with Gasteiger partial charge in [-0.25, -0.2) is 4.79 Å². The first-order valence-corrected chi connectivity index (χ1v) is 7.48. The standard InChI is InChI=1S/C15H22ClN3O2/c1-18(2)15(20)17-11-14(19-7-9-21-10-8-19)12-3-5-13(16)6-4-12/h3-6,14H,7-11H2,1-2H3,(H,17,20). The molecule has 2 rings (SSSR count). The van der Waals surface area contributed by atoms with Gasteiger partial charge >= 0.3 is 6.03 Å². The maximum Gasteiger partial charge on any atom is 0.316 e. The van der Waals surface area contributed by atoms with Gasteiger partial charge in [0.15, 0.2) is 0 Å². The van der Waals surface area contributed by atoms with E-state index in [4.69, 9.17) is 16.3 Å². The number of morpholine rings is 1. The van der Waals surface area contributed by atoms with Gasteiger partial charge in [-0.2, -0.15) is 0 Å². The summed E-state index contributed by atoms with van der Waals surface area (Å²) < 4.78 is 5.41. The van der Waals surface area contributed by atoms with Crippen molar-refractivity contribution >= 4 is 17.6 Å². The van der Waals surface area contributed by atoms with Gasteiger partial charge in [-0.3, -0.25) is 4.90 Å². The van der Waals surface area contributed by atoms with Gasteiger partial charge in [0, 0.05) is 38.8 Å². The summed E-state index contributed by atoms with van der Waals surface area (Å²) in [6.45, 7) is 3.76. The number of hydrogen-bond donors (Lipinski definition) is 1. The van der Waals surface area contributed by atoms with Crippen LogP contribution in [0.2, 0.25) is 5.02 Å². The van der Waals surface area contributed by atoms with Crippen molar-refractivity contribution in [2.24, 2.45) is 0 Å². The predicted molar refractivity (Wildman–Crippen MR) is 83.7 cm³/mol. The highest BCUT2D eigenvalue weighted by molar-refractivity contribution is 6.30. The number of halogens is 1. The van der Waals surface area contributed by atoms with Crippen molar-refractivity contribution < 1.29 is 9.53 Å². The first-order valence-electron chi connectivity index (χ1n) is 7.10. The molecule has 1 aliphatic rings. The minimum absolute atomic E-state index is 0.0813. The van der Waals surface area contributed by atoms with E-state index in [1.165, 1.54) is 4.90 Å². The Hall–Kier alpha value is -1.30. The van der Waals surface area contributed by atoms with Crippen LogP contribution >= 0.6 is 11.6 Å².